The van der Waals surface area contributed by atoms with E-state index in [4.69, 9.17) is 0 Å². The molecule has 2 rings (SSSR count). The van der Waals surface area contributed by atoms with Crippen LogP contribution in [0.25, 0.3) is 0 Å². The maximum absolute atomic E-state index is 12.2. The highest BCUT2D eigenvalue weighted by atomic mass is 16.6. The lowest BCUT2D eigenvalue weighted by atomic mass is 10.1. The van der Waals surface area contributed by atoms with Gasteiger partial charge in [0.25, 0.3) is 0 Å². The number of carbonyl (C=O) groups is 1. The Morgan fingerprint density at radius 3 is 3.05 bits per heavy atom. The first-order valence-electron chi connectivity index (χ1n) is 7.11. The molecule has 0 spiro atoms. The van der Waals surface area contributed by atoms with Gasteiger partial charge in [-0.2, -0.15) is 5.10 Å². The van der Waals surface area contributed by atoms with Crippen LogP contribution in [0.1, 0.15) is 32.6 Å². The Labute approximate surface area is 122 Å². The largest absolute Gasteiger partial charge is 0.393 e. The van der Waals surface area contributed by atoms with Crippen LogP contribution in [0.4, 0.5) is 5.69 Å². The van der Waals surface area contributed by atoms with Gasteiger partial charge < -0.3 is 10.0 Å². The summed E-state index contributed by atoms with van der Waals surface area (Å²) in [7, 11) is 0. The van der Waals surface area contributed by atoms with Gasteiger partial charge in [-0.1, -0.05) is 0 Å². The van der Waals surface area contributed by atoms with E-state index in [9.17, 15) is 20.0 Å². The molecular formula is C13H20N4O4. The van der Waals surface area contributed by atoms with Gasteiger partial charge in [0, 0.05) is 25.6 Å². The van der Waals surface area contributed by atoms with Gasteiger partial charge in [-0.25, -0.2) is 0 Å². The maximum atomic E-state index is 12.2. The minimum atomic E-state index is -0.509. The smallest absolute Gasteiger partial charge is 0.306 e. The van der Waals surface area contributed by atoms with Crippen molar-refractivity contribution in [2.24, 2.45) is 0 Å². The molecule has 0 radical (unpaired) electrons. The number of likely N-dealkylation sites (tertiary alicyclic amines) is 1. The van der Waals surface area contributed by atoms with Crippen LogP contribution in [-0.4, -0.2) is 49.3 Å². The van der Waals surface area contributed by atoms with Crippen LogP contribution in [0.2, 0.25) is 0 Å². The zero-order chi connectivity index (χ0) is 15.4. The van der Waals surface area contributed by atoms with E-state index in [2.05, 4.69) is 5.10 Å². The Morgan fingerprint density at radius 2 is 2.43 bits per heavy atom. The molecule has 2 unspecified atom stereocenters. The fourth-order valence-electron chi connectivity index (χ4n) is 2.73. The molecule has 0 saturated carbocycles. The highest BCUT2D eigenvalue weighted by Crippen LogP contribution is 2.22. The first-order chi connectivity index (χ1) is 9.97. The van der Waals surface area contributed by atoms with Gasteiger partial charge >= 0.3 is 5.69 Å². The molecule has 0 aliphatic carbocycles. The molecular weight excluding hydrogens is 276 g/mol. The van der Waals surface area contributed by atoms with E-state index >= 15 is 0 Å². The van der Waals surface area contributed by atoms with E-state index in [0.29, 0.717) is 13.0 Å². The van der Waals surface area contributed by atoms with Gasteiger partial charge in [-0.3, -0.25) is 19.6 Å². The van der Waals surface area contributed by atoms with Crippen LogP contribution in [0.5, 0.6) is 0 Å². The first-order valence-corrected chi connectivity index (χ1v) is 7.11. The van der Waals surface area contributed by atoms with Crippen LogP contribution < -0.4 is 0 Å². The van der Waals surface area contributed by atoms with Crippen molar-refractivity contribution in [3.63, 3.8) is 0 Å². The highest BCUT2D eigenvalue weighted by molar-refractivity contribution is 5.76. The molecule has 0 bridgehead atoms. The van der Waals surface area contributed by atoms with Crippen LogP contribution in [0, 0.1) is 10.1 Å². The van der Waals surface area contributed by atoms with E-state index in [1.807, 2.05) is 4.90 Å². The lowest BCUT2D eigenvalue weighted by Crippen LogP contribution is -2.37. The number of hydrogen-bond acceptors (Lipinski definition) is 5. The maximum Gasteiger partial charge on any atom is 0.306 e. The summed E-state index contributed by atoms with van der Waals surface area (Å²) < 4.78 is 1.41. The average molecular weight is 296 g/mol. The summed E-state index contributed by atoms with van der Waals surface area (Å²) in [6.07, 6.45) is 4.81. The van der Waals surface area contributed by atoms with Gasteiger partial charge in [0.05, 0.1) is 11.0 Å². The molecule has 8 nitrogen and oxygen atoms in total. The predicted octanol–water partition coefficient (Wildman–Crippen LogP) is 0.943. The lowest BCUT2D eigenvalue weighted by molar-refractivity contribution is -0.385. The second kappa shape index (κ2) is 6.66. The first kappa shape index (κ1) is 15.4. The number of amides is 1. The molecule has 0 aromatic carbocycles. The van der Waals surface area contributed by atoms with Gasteiger partial charge in [-0.05, 0) is 26.2 Å². The number of hydrogen-bond donors (Lipinski definition) is 1. The van der Waals surface area contributed by atoms with E-state index in [0.717, 1.165) is 19.4 Å². The Morgan fingerprint density at radius 1 is 1.67 bits per heavy atom. The molecule has 2 heterocycles. The Hall–Kier alpha value is -1.96. The number of aromatic nitrogens is 2. The van der Waals surface area contributed by atoms with E-state index < -0.39 is 11.0 Å². The minimum absolute atomic E-state index is 0.0105. The molecule has 1 aromatic heterocycles. The molecule has 1 aromatic rings. The van der Waals surface area contributed by atoms with Crippen molar-refractivity contribution in [2.45, 2.75) is 51.3 Å². The molecule has 1 amide bonds. The number of carbonyl (C=O) groups excluding carboxylic acids is 1. The number of aliphatic hydroxyl groups excluding tert-OH is 1. The summed E-state index contributed by atoms with van der Waals surface area (Å²) in [4.78, 5) is 24.1. The summed E-state index contributed by atoms with van der Waals surface area (Å²) in [6, 6.07) is 0.101. The molecule has 1 fully saturated rings. The summed E-state index contributed by atoms with van der Waals surface area (Å²) in [5.41, 5.74) is -0.0735. The van der Waals surface area contributed by atoms with Gasteiger partial charge in [0.1, 0.15) is 12.4 Å². The van der Waals surface area contributed by atoms with Crippen LogP contribution in [-0.2, 0) is 11.3 Å². The third-order valence-corrected chi connectivity index (χ3v) is 3.70. The van der Waals surface area contributed by atoms with E-state index in [1.165, 1.54) is 17.1 Å². The van der Waals surface area contributed by atoms with Crippen LogP contribution >= 0.6 is 0 Å². The summed E-state index contributed by atoms with van der Waals surface area (Å²) in [5.74, 6) is 0.0105. The zero-order valence-electron chi connectivity index (χ0n) is 12.0. The van der Waals surface area contributed by atoms with Crippen molar-refractivity contribution in [1.82, 2.24) is 14.7 Å². The number of nitro groups is 1. The van der Waals surface area contributed by atoms with Crippen LogP contribution in [0.15, 0.2) is 12.4 Å². The number of rotatable bonds is 6. The van der Waals surface area contributed by atoms with Crippen molar-refractivity contribution < 1.29 is 14.8 Å². The third kappa shape index (κ3) is 4.01. The van der Waals surface area contributed by atoms with Gasteiger partial charge in [-0.15, -0.1) is 0 Å². The van der Waals surface area contributed by atoms with Crippen LogP contribution in [0.3, 0.4) is 0 Å². The summed E-state index contributed by atoms with van der Waals surface area (Å²) in [6.45, 7) is 2.77. The number of aliphatic hydroxyl groups is 1. The summed E-state index contributed by atoms with van der Waals surface area (Å²) in [5, 5.41) is 23.9. The van der Waals surface area contributed by atoms with Gasteiger partial charge in [0.2, 0.25) is 5.91 Å². The minimum Gasteiger partial charge on any atom is -0.393 e. The normalized spacial score (nSPS) is 19.7. The SMILES string of the molecule is CC(O)CC1CCCN1C(=O)CCn1cc([N+](=O)[O-])cn1. The molecule has 1 aliphatic heterocycles. The second-order valence-corrected chi connectivity index (χ2v) is 5.44. The third-order valence-electron chi connectivity index (χ3n) is 3.70. The van der Waals surface area contributed by atoms with Crippen molar-refractivity contribution in [3.8, 4) is 0 Å². The standard InChI is InChI=1S/C13H20N4O4/c1-10(18)7-11-3-2-5-16(11)13(19)4-6-15-9-12(8-14-15)17(20)21/h8-11,18H,2-7H2,1H3. The van der Waals surface area contributed by atoms with Crippen molar-refractivity contribution in [2.75, 3.05) is 6.54 Å². The Bertz CT molecular complexity index is 514. The van der Waals surface area contributed by atoms with Gasteiger partial charge in [0.15, 0.2) is 0 Å². The zero-order valence-corrected chi connectivity index (χ0v) is 12.0. The molecule has 21 heavy (non-hydrogen) atoms. The quantitative estimate of drug-likeness (QED) is 0.622. The topological polar surface area (TPSA) is 102 Å². The lowest BCUT2D eigenvalue weighted by Gasteiger charge is -2.25. The monoisotopic (exact) mass is 296 g/mol. The van der Waals surface area contributed by atoms with E-state index in [-0.39, 0.29) is 24.1 Å². The molecule has 1 saturated heterocycles. The molecule has 1 N–H and O–H groups in total. The average Bonchev–Trinajstić information content (AvgIpc) is 3.04. The molecule has 8 heteroatoms. The van der Waals surface area contributed by atoms with Crippen molar-refractivity contribution in [3.05, 3.63) is 22.5 Å². The highest BCUT2D eigenvalue weighted by Gasteiger charge is 2.29. The molecule has 116 valence electrons. The van der Waals surface area contributed by atoms with Crippen molar-refractivity contribution >= 4 is 11.6 Å². The molecule has 2 atom stereocenters. The summed E-state index contributed by atoms with van der Waals surface area (Å²) >= 11 is 0. The van der Waals surface area contributed by atoms with Crippen molar-refractivity contribution in [1.29, 1.82) is 0 Å². The fourth-order valence-corrected chi connectivity index (χ4v) is 2.73. The second-order valence-electron chi connectivity index (χ2n) is 5.44. The van der Waals surface area contributed by atoms with E-state index in [1.54, 1.807) is 6.92 Å². The number of aryl methyl sites for hydroxylation is 1. The predicted molar refractivity (Wildman–Crippen MR) is 74.5 cm³/mol. The molecule has 1 aliphatic rings. The Balaban J connectivity index is 1.87. The number of nitrogens with zero attached hydrogens (tertiary/aromatic N) is 4. The fraction of sp³-hybridized carbons (Fsp3) is 0.692. The Kier molecular flexibility index (Phi) is 4.89.